The van der Waals surface area contributed by atoms with Gasteiger partial charge in [-0.25, -0.2) is 0 Å². The number of nitrogens with zero attached hydrogens (tertiary/aromatic N) is 2. The lowest BCUT2D eigenvalue weighted by Crippen LogP contribution is -2.53. The number of hydrogen-bond acceptors (Lipinski definition) is 3. The third-order valence-corrected chi connectivity index (χ3v) is 5.04. The summed E-state index contributed by atoms with van der Waals surface area (Å²) in [5, 5.41) is 2.92. The van der Waals surface area contributed by atoms with Crippen LogP contribution in [0, 0.1) is 0 Å². The lowest BCUT2D eigenvalue weighted by atomic mass is 9.95. The predicted octanol–water partition coefficient (Wildman–Crippen LogP) is 1.78. The van der Waals surface area contributed by atoms with Crippen LogP contribution in [-0.4, -0.2) is 53.8 Å². The van der Waals surface area contributed by atoms with E-state index in [9.17, 15) is 9.59 Å². The summed E-state index contributed by atoms with van der Waals surface area (Å²) in [7, 11) is 0. The Labute approximate surface area is 144 Å². The van der Waals surface area contributed by atoms with Gasteiger partial charge in [-0.15, -0.1) is 0 Å². The molecule has 0 bridgehead atoms. The first-order valence-corrected chi connectivity index (χ1v) is 9.08. The maximum absolute atomic E-state index is 12.3. The van der Waals surface area contributed by atoms with Crippen molar-refractivity contribution in [3.63, 3.8) is 0 Å². The molecule has 0 atom stereocenters. The standard InChI is InChI=1S/C19H27N3O2/c23-18(20-17-9-5-2-6-10-17)19(24)22-13-11-21(12-14-22)15-16-7-3-1-4-8-16/h1,3-4,7-8,17H,2,5-6,9-15H2,(H,20,23). The third-order valence-electron chi connectivity index (χ3n) is 5.04. The molecule has 1 aliphatic carbocycles. The van der Waals surface area contributed by atoms with Gasteiger partial charge in [0.25, 0.3) is 0 Å². The predicted molar refractivity (Wildman–Crippen MR) is 93.3 cm³/mol. The third kappa shape index (κ3) is 4.57. The Balaban J connectivity index is 1.43. The van der Waals surface area contributed by atoms with E-state index >= 15 is 0 Å². The van der Waals surface area contributed by atoms with Gasteiger partial charge in [0.05, 0.1) is 0 Å². The summed E-state index contributed by atoms with van der Waals surface area (Å²) in [6.07, 6.45) is 5.55. The molecule has 3 rings (SSSR count). The van der Waals surface area contributed by atoms with Crippen LogP contribution in [0.3, 0.4) is 0 Å². The van der Waals surface area contributed by atoms with Crippen molar-refractivity contribution in [3.8, 4) is 0 Å². The number of hydrogen-bond donors (Lipinski definition) is 1. The van der Waals surface area contributed by atoms with Crippen molar-refractivity contribution in [1.82, 2.24) is 15.1 Å². The molecule has 1 saturated heterocycles. The molecule has 1 saturated carbocycles. The quantitative estimate of drug-likeness (QED) is 0.860. The molecule has 130 valence electrons. The fourth-order valence-corrected chi connectivity index (χ4v) is 3.59. The van der Waals surface area contributed by atoms with E-state index in [-0.39, 0.29) is 11.9 Å². The number of rotatable bonds is 3. The molecule has 24 heavy (non-hydrogen) atoms. The highest BCUT2D eigenvalue weighted by Gasteiger charge is 2.27. The monoisotopic (exact) mass is 329 g/mol. The van der Waals surface area contributed by atoms with E-state index in [1.807, 2.05) is 18.2 Å². The SMILES string of the molecule is O=C(NC1CCCCC1)C(=O)N1CCN(Cc2ccccc2)CC1. The molecule has 0 radical (unpaired) electrons. The molecule has 0 spiro atoms. The number of nitrogens with one attached hydrogen (secondary N) is 1. The van der Waals surface area contributed by atoms with Crippen LogP contribution >= 0.6 is 0 Å². The van der Waals surface area contributed by atoms with E-state index in [1.165, 1.54) is 12.0 Å². The zero-order chi connectivity index (χ0) is 16.8. The first-order chi connectivity index (χ1) is 11.7. The first kappa shape index (κ1) is 17.0. The topological polar surface area (TPSA) is 52.7 Å². The molecule has 1 aromatic carbocycles. The normalized spacial score (nSPS) is 19.9. The van der Waals surface area contributed by atoms with E-state index in [0.29, 0.717) is 13.1 Å². The Morgan fingerprint density at radius 1 is 0.958 bits per heavy atom. The Morgan fingerprint density at radius 2 is 1.62 bits per heavy atom. The maximum atomic E-state index is 12.3. The Bertz CT molecular complexity index is 547. The summed E-state index contributed by atoms with van der Waals surface area (Å²) in [5.74, 6) is -0.779. The summed E-state index contributed by atoms with van der Waals surface area (Å²) >= 11 is 0. The molecular weight excluding hydrogens is 302 g/mol. The lowest BCUT2D eigenvalue weighted by Gasteiger charge is -2.34. The molecular formula is C19H27N3O2. The molecule has 2 amide bonds. The summed E-state index contributed by atoms with van der Waals surface area (Å²) in [5.41, 5.74) is 1.28. The van der Waals surface area contributed by atoms with Crippen molar-refractivity contribution in [2.45, 2.75) is 44.7 Å². The maximum Gasteiger partial charge on any atom is 0.311 e. The molecule has 2 aliphatic rings. The number of piperazine rings is 1. The van der Waals surface area contributed by atoms with Crippen molar-refractivity contribution in [2.75, 3.05) is 26.2 Å². The fourth-order valence-electron chi connectivity index (χ4n) is 3.59. The second kappa shape index (κ2) is 8.29. The van der Waals surface area contributed by atoms with Crippen LogP contribution in [0.15, 0.2) is 30.3 Å². The van der Waals surface area contributed by atoms with Crippen LogP contribution < -0.4 is 5.32 Å². The Hall–Kier alpha value is -1.88. The van der Waals surface area contributed by atoms with Crippen LogP contribution in [0.5, 0.6) is 0 Å². The largest absolute Gasteiger partial charge is 0.345 e. The molecule has 0 unspecified atom stereocenters. The van der Waals surface area contributed by atoms with E-state index < -0.39 is 5.91 Å². The average Bonchev–Trinajstić information content (AvgIpc) is 2.63. The minimum atomic E-state index is -0.418. The highest BCUT2D eigenvalue weighted by atomic mass is 16.2. The molecule has 2 fully saturated rings. The van der Waals surface area contributed by atoms with Gasteiger partial charge in [0, 0.05) is 38.8 Å². The molecule has 0 aromatic heterocycles. The Kier molecular flexibility index (Phi) is 5.86. The second-order valence-corrected chi connectivity index (χ2v) is 6.86. The van der Waals surface area contributed by atoms with Crippen molar-refractivity contribution < 1.29 is 9.59 Å². The second-order valence-electron chi connectivity index (χ2n) is 6.86. The van der Waals surface area contributed by atoms with Crippen molar-refractivity contribution >= 4 is 11.8 Å². The summed E-state index contributed by atoms with van der Waals surface area (Å²) in [4.78, 5) is 28.5. The van der Waals surface area contributed by atoms with E-state index in [0.717, 1.165) is 45.3 Å². The van der Waals surface area contributed by atoms with Gasteiger partial charge < -0.3 is 10.2 Å². The summed E-state index contributed by atoms with van der Waals surface area (Å²) in [6, 6.07) is 10.5. The lowest BCUT2D eigenvalue weighted by molar-refractivity contribution is -0.147. The number of amides is 2. The smallest absolute Gasteiger partial charge is 0.311 e. The van der Waals surface area contributed by atoms with Crippen LogP contribution in [0.25, 0.3) is 0 Å². The first-order valence-electron chi connectivity index (χ1n) is 9.08. The van der Waals surface area contributed by atoms with Gasteiger partial charge in [-0.2, -0.15) is 0 Å². The molecule has 5 nitrogen and oxygen atoms in total. The number of benzene rings is 1. The zero-order valence-electron chi connectivity index (χ0n) is 14.2. The molecule has 1 aliphatic heterocycles. The van der Waals surface area contributed by atoms with Gasteiger partial charge >= 0.3 is 11.8 Å². The van der Waals surface area contributed by atoms with Gasteiger partial charge in [-0.1, -0.05) is 49.6 Å². The van der Waals surface area contributed by atoms with E-state index in [2.05, 4.69) is 22.3 Å². The minimum absolute atomic E-state index is 0.189. The van der Waals surface area contributed by atoms with Gasteiger partial charge in [0.2, 0.25) is 0 Å². The van der Waals surface area contributed by atoms with Crippen LogP contribution in [-0.2, 0) is 16.1 Å². The van der Waals surface area contributed by atoms with Crippen molar-refractivity contribution in [3.05, 3.63) is 35.9 Å². The van der Waals surface area contributed by atoms with Gasteiger partial charge in [-0.3, -0.25) is 14.5 Å². The molecule has 1 N–H and O–H groups in total. The van der Waals surface area contributed by atoms with E-state index in [1.54, 1.807) is 4.90 Å². The van der Waals surface area contributed by atoms with Gasteiger partial charge in [0.15, 0.2) is 0 Å². The van der Waals surface area contributed by atoms with Gasteiger partial charge in [-0.05, 0) is 18.4 Å². The summed E-state index contributed by atoms with van der Waals surface area (Å²) in [6.45, 7) is 3.79. The average molecular weight is 329 g/mol. The van der Waals surface area contributed by atoms with Crippen molar-refractivity contribution in [1.29, 1.82) is 0 Å². The minimum Gasteiger partial charge on any atom is -0.345 e. The molecule has 1 heterocycles. The van der Waals surface area contributed by atoms with Crippen LogP contribution in [0.2, 0.25) is 0 Å². The Morgan fingerprint density at radius 3 is 2.29 bits per heavy atom. The van der Waals surface area contributed by atoms with Crippen LogP contribution in [0.4, 0.5) is 0 Å². The van der Waals surface area contributed by atoms with Crippen molar-refractivity contribution in [2.24, 2.45) is 0 Å². The fraction of sp³-hybridized carbons (Fsp3) is 0.579. The highest BCUT2D eigenvalue weighted by Crippen LogP contribution is 2.17. The summed E-state index contributed by atoms with van der Waals surface area (Å²) < 4.78 is 0. The van der Waals surface area contributed by atoms with Gasteiger partial charge in [0.1, 0.15) is 0 Å². The number of carbonyl (C=O) groups excluding carboxylic acids is 2. The molecule has 5 heteroatoms. The highest BCUT2D eigenvalue weighted by molar-refractivity contribution is 6.35. The van der Waals surface area contributed by atoms with E-state index in [4.69, 9.17) is 0 Å². The molecule has 1 aromatic rings. The zero-order valence-corrected chi connectivity index (χ0v) is 14.2. The van der Waals surface area contributed by atoms with Crippen LogP contribution in [0.1, 0.15) is 37.7 Å². The number of carbonyl (C=O) groups is 2.